The van der Waals surface area contributed by atoms with E-state index in [2.05, 4.69) is 10.3 Å². The van der Waals surface area contributed by atoms with Crippen LogP contribution in [-0.4, -0.2) is 30.7 Å². The number of hydrogen-bond acceptors (Lipinski definition) is 5. The lowest BCUT2D eigenvalue weighted by Gasteiger charge is -2.07. The van der Waals surface area contributed by atoms with Gasteiger partial charge in [0.05, 0.1) is 17.8 Å². The third-order valence-corrected chi connectivity index (χ3v) is 4.46. The van der Waals surface area contributed by atoms with Crippen LogP contribution in [0, 0.1) is 0 Å². The molecule has 116 valence electrons. The fourth-order valence-electron chi connectivity index (χ4n) is 2.26. The summed E-state index contributed by atoms with van der Waals surface area (Å²) in [5, 5.41) is 5.76. The number of aromatic nitrogens is 1. The van der Waals surface area contributed by atoms with Crippen LogP contribution in [0.5, 0.6) is 5.75 Å². The predicted octanol–water partition coefficient (Wildman–Crippen LogP) is 3.59. The van der Waals surface area contributed by atoms with Crippen LogP contribution in [-0.2, 0) is 9.53 Å². The number of rotatable bonds is 4. The molecule has 1 fully saturated rings. The van der Waals surface area contributed by atoms with E-state index < -0.39 is 0 Å². The third-order valence-electron chi connectivity index (χ3n) is 3.40. The molecule has 3 rings (SSSR count). The van der Waals surface area contributed by atoms with Gasteiger partial charge < -0.3 is 9.47 Å². The number of benzene rings is 1. The zero-order valence-corrected chi connectivity index (χ0v) is 13.5. The van der Waals surface area contributed by atoms with Crippen LogP contribution in [0.3, 0.4) is 0 Å². The molecule has 22 heavy (non-hydrogen) atoms. The first-order valence-corrected chi connectivity index (χ1v) is 8.15. The van der Waals surface area contributed by atoms with Crippen molar-refractivity contribution in [3.05, 3.63) is 28.6 Å². The Balaban J connectivity index is 1.73. The largest absolute Gasteiger partial charge is 0.495 e. The minimum atomic E-state index is -0.359. The Kier molecular flexibility index (Phi) is 4.61. The summed E-state index contributed by atoms with van der Waals surface area (Å²) in [4.78, 5) is 16.4. The van der Waals surface area contributed by atoms with Gasteiger partial charge in [-0.25, -0.2) is 4.98 Å². The standard InChI is InChI=1S/C15H15ClN2O3S/c1-20-12-5-4-9(7-10(12)16)11-8-22-15(17-11)18-14(19)13-3-2-6-21-13/h4-5,7-8,13H,2-3,6H2,1H3,(H,17,18,19). The summed E-state index contributed by atoms with van der Waals surface area (Å²) in [7, 11) is 1.57. The Morgan fingerprint density at radius 1 is 1.55 bits per heavy atom. The van der Waals surface area contributed by atoms with Gasteiger partial charge in [-0.3, -0.25) is 10.1 Å². The molecule has 1 aliphatic rings. The van der Waals surface area contributed by atoms with E-state index in [1.54, 1.807) is 19.2 Å². The number of methoxy groups -OCH3 is 1. The molecule has 0 aliphatic carbocycles. The number of nitrogens with one attached hydrogen (secondary N) is 1. The van der Waals surface area contributed by atoms with Gasteiger partial charge in [-0.1, -0.05) is 11.6 Å². The van der Waals surface area contributed by atoms with Gasteiger partial charge in [-0.05, 0) is 31.0 Å². The Bertz CT molecular complexity index is 683. The minimum absolute atomic E-state index is 0.133. The van der Waals surface area contributed by atoms with Crippen molar-refractivity contribution in [3.63, 3.8) is 0 Å². The lowest BCUT2D eigenvalue weighted by atomic mass is 10.2. The summed E-state index contributed by atoms with van der Waals surface area (Å²) in [6.07, 6.45) is 1.33. The molecule has 1 atom stereocenters. The molecule has 0 bridgehead atoms. The molecule has 1 amide bonds. The Morgan fingerprint density at radius 3 is 3.09 bits per heavy atom. The van der Waals surface area contributed by atoms with E-state index in [0.717, 1.165) is 24.1 Å². The van der Waals surface area contributed by atoms with Crippen molar-refractivity contribution < 1.29 is 14.3 Å². The monoisotopic (exact) mass is 338 g/mol. The Labute approximate surface area is 137 Å². The molecule has 2 heterocycles. The molecule has 7 heteroatoms. The lowest BCUT2D eigenvalue weighted by Crippen LogP contribution is -2.26. The maximum Gasteiger partial charge on any atom is 0.255 e. The summed E-state index contributed by atoms with van der Waals surface area (Å²) in [6.45, 7) is 0.644. The second-order valence-electron chi connectivity index (χ2n) is 4.88. The van der Waals surface area contributed by atoms with E-state index in [1.165, 1.54) is 11.3 Å². The number of carbonyl (C=O) groups excluding carboxylic acids is 1. The highest BCUT2D eigenvalue weighted by Gasteiger charge is 2.24. The van der Waals surface area contributed by atoms with E-state index in [4.69, 9.17) is 21.1 Å². The Morgan fingerprint density at radius 2 is 2.41 bits per heavy atom. The summed E-state index contributed by atoms with van der Waals surface area (Å²) in [6, 6.07) is 5.47. The third kappa shape index (κ3) is 3.24. The van der Waals surface area contributed by atoms with Gasteiger partial charge in [-0.15, -0.1) is 11.3 Å². The summed E-state index contributed by atoms with van der Waals surface area (Å²) >= 11 is 7.50. The van der Waals surface area contributed by atoms with Crippen molar-refractivity contribution >= 4 is 34.0 Å². The highest BCUT2D eigenvalue weighted by Crippen LogP contribution is 2.31. The summed E-state index contributed by atoms with van der Waals surface area (Å²) in [5.41, 5.74) is 1.64. The SMILES string of the molecule is COc1ccc(-c2csc(NC(=O)C3CCCO3)n2)cc1Cl. The molecule has 0 saturated carbocycles. The van der Waals surface area contributed by atoms with Crippen molar-refractivity contribution in [3.8, 4) is 17.0 Å². The van der Waals surface area contributed by atoms with Gasteiger partial charge in [0.25, 0.3) is 5.91 Å². The van der Waals surface area contributed by atoms with Crippen LogP contribution in [0.1, 0.15) is 12.8 Å². The average Bonchev–Trinajstić information content (AvgIpc) is 3.18. The molecule has 1 aliphatic heterocycles. The zero-order valence-electron chi connectivity index (χ0n) is 12.0. The maximum absolute atomic E-state index is 12.0. The highest BCUT2D eigenvalue weighted by atomic mass is 35.5. The van der Waals surface area contributed by atoms with Crippen molar-refractivity contribution in [2.24, 2.45) is 0 Å². The number of thiazole rings is 1. The number of carbonyl (C=O) groups is 1. The first-order chi connectivity index (χ1) is 10.7. The van der Waals surface area contributed by atoms with Crippen molar-refractivity contribution in [1.82, 2.24) is 4.98 Å². The number of amides is 1. The normalized spacial score (nSPS) is 17.5. The van der Waals surface area contributed by atoms with Crippen molar-refractivity contribution in [2.45, 2.75) is 18.9 Å². The molecular weight excluding hydrogens is 324 g/mol. The van der Waals surface area contributed by atoms with Gasteiger partial charge in [-0.2, -0.15) is 0 Å². The van der Waals surface area contributed by atoms with Crippen LogP contribution in [0.25, 0.3) is 11.3 Å². The second-order valence-corrected chi connectivity index (χ2v) is 6.14. The molecule has 1 saturated heterocycles. The molecule has 0 spiro atoms. The molecule has 1 aromatic carbocycles. The van der Waals surface area contributed by atoms with Crippen LogP contribution in [0.15, 0.2) is 23.6 Å². The fraction of sp³-hybridized carbons (Fsp3) is 0.333. The molecule has 1 aromatic heterocycles. The second kappa shape index (κ2) is 6.64. The zero-order chi connectivity index (χ0) is 15.5. The molecule has 1 N–H and O–H groups in total. The highest BCUT2D eigenvalue weighted by molar-refractivity contribution is 7.14. The van der Waals surface area contributed by atoms with Crippen LogP contribution >= 0.6 is 22.9 Å². The van der Waals surface area contributed by atoms with Crippen molar-refractivity contribution in [1.29, 1.82) is 0 Å². The van der Waals surface area contributed by atoms with E-state index >= 15 is 0 Å². The number of hydrogen-bond donors (Lipinski definition) is 1. The first kappa shape index (κ1) is 15.3. The van der Waals surface area contributed by atoms with E-state index in [-0.39, 0.29) is 12.0 Å². The lowest BCUT2D eigenvalue weighted by molar-refractivity contribution is -0.124. The number of halogens is 1. The summed E-state index contributed by atoms with van der Waals surface area (Å²) in [5.74, 6) is 0.485. The number of anilines is 1. The molecule has 0 radical (unpaired) electrons. The van der Waals surface area contributed by atoms with Gasteiger partial charge in [0.2, 0.25) is 0 Å². The quantitative estimate of drug-likeness (QED) is 0.925. The maximum atomic E-state index is 12.0. The van der Waals surface area contributed by atoms with Gasteiger partial charge in [0, 0.05) is 17.6 Å². The minimum Gasteiger partial charge on any atom is -0.495 e. The molecule has 5 nitrogen and oxygen atoms in total. The summed E-state index contributed by atoms with van der Waals surface area (Å²) < 4.78 is 10.5. The average molecular weight is 339 g/mol. The van der Waals surface area contributed by atoms with Crippen LogP contribution < -0.4 is 10.1 Å². The van der Waals surface area contributed by atoms with Gasteiger partial charge in [0.1, 0.15) is 11.9 Å². The first-order valence-electron chi connectivity index (χ1n) is 6.89. The predicted molar refractivity (Wildman–Crippen MR) is 86.7 cm³/mol. The molecule has 2 aromatic rings. The van der Waals surface area contributed by atoms with E-state index in [1.807, 2.05) is 11.4 Å². The number of ether oxygens (including phenoxy) is 2. The van der Waals surface area contributed by atoms with E-state index in [0.29, 0.717) is 22.5 Å². The van der Waals surface area contributed by atoms with Gasteiger partial charge >= 0.3 is 0 Å². The van der Waals surface area contributed by atoms with Crippen molar-refractivity contribution in [2.75, 3.05) is 19.0 Å². The Hall–Kier alpha value is -1.63. The molecule has 1 unspecified atom stereocenters. The molecular formula is C15H15ClN2O3S. The van der Waals surface area contributed by atoms with Gasteiger partial charge in [0.15, 0.2) is 5.13 Å². The van der Waals surface area contributed by atoms with E-state index in [9.17, 15) is 4.79 Å². The topological polar surface area (TPSA) is 60.5 Å². The van der Waals surface area contributed by atoms with Crippen LogP contribution in [0.2, 0.25) is 5.02 Å². The van der Waals surface area contributed by atoms with Crippen LogP contribution in [0.4, 0.5) is 5.13 Å². The fourth-order valence-corrected chi connectivity index (χ4v) is 3.24. The smallest absolute Gasteiger partial charge is 0.255 e. The number of nitrogens with zero attached hydrogens (tertiary/aromatic N) is 1.